The Morgan fingerprint density at radius 3 is 2.42 bits per heavy atom. The molecule has 4 nitrogen and oxygen atoms in total. The first-order valence-electron chi connectivity index (χ1n) is 7.61. The minimum absolute atomic E-state index is 0.0620. The van der Waals surface area contributed by atoms with Gasteiger partial charge >= 0.3 is 6.18 Å². The van der Waals surface area contributed by atoms with Crippen LogP contribution in [0.1, 0.15) is 11.3 Å². The van der Waals surface area contributed by atoms with Crippen molar-refractivity contribution < 1.29 is 17.9 Å². The van der Waals surface area contributed by atoms with Gasteiger partial charge in [-0.1, -0.05) is 24.3 Å². The lowest BCUT2D eigenvalue weighted by molar-refractivity contribution is -0.137. The molecular formula is C18H14BrF3N2O2. The van der Waals surface area contributed by atoms with Gasteiger partial charge in [-0.25, -0.2) is 4.68 Å². The van der Waals surface area contributed by atoms with Crippen LogP contribution in [0.4, 0.5) is 13.2 Å². The van der Waals surface area contributed by atoms with E-state index in [1.54, 1.807) is 23.9 Å². The number of aromatic nitrogens is 2. The average Bonchev–Trinajstić information content (AvgIpc) is 2.83. The second kappa shape index (κ2) is 7.03. The summed E-state index contributed by atoms with van der Waals surface area (Å²) >= 11 is 3.25. The summed E-state index contributed by atoms with van der Waals surface area (Å²) in [5, 5.41) is 0. The van der Waals surface area contributed by atoms with Crippen LogP contribution in [0.2, 0.25) is 0 Å². The third-order valence-electron chi connectivity index (χ3n) is 3.86. The van der Waals surface area contributed by atoms with Crippen LogP contribution >= 0.6 is 15.9 Å². The maximum Gasteiger partial charge on any atom is 0.416 e. The predicted octanol–water partition coefficient (Wildman–Crippen LogP) is 4.54. The molecule has 0 aliphatic carbocycles. The standard InChI is InChI=1S/C18H14BrF3N2O2/c1-23-15(11-26-14-9-5-6-12(10-14)18(20,21)22)16(19)17(25)24(23)13-7-3-2-4-8-13/h2-10H,11H2,1H3. The van der Waals surface area contributed by atoms with E-state index >= 15 is 0 Å². The Hall–Kier alpha value is -2.48. The van der Waals surface area contributed by atoms with Gasteiger partial charge in [0.2, 0.25) is 0 Å². The molecule has 2 aromatic carbocycles. The Labute approximate surface area is 155 Å². The number of hydrogen-bond acceptors (Lipinski definition) is 2. The van der Waals surface area contributed by atoms with Crippen molar-refractivity contribution >= 4 is 15.9 Å². The zero-order valence-electron chi connectivity index (χ0n) is 13.6. The van der Waals surface area contributed by atoms with E-state index in [1.165, 1.54) is 16.8 Å². The summed E-state index contributed by atoms with van der Waals surface area (Å²) in [4.78, 5) is 12.5. The highest BCUT2D eigenvalue weighted by Gasteiger charge is 2.30. The number of ether oxygens (including phenoxy) is 1. The van der Waals surface area contributed by atoms with Crippen molar-refractivity contribution in [1.29, 1.82) is 0 Å². The number of benzene rings is 2. The summed E-state index contributed by atoms with van der Waals surface area (Å²) in [6, 6.07) is 13.6. The summed E-state index contributed by atoms with van der Waals surface area (Å²) < 4.78 is 47.2. The van der Waals surface area contributed by atoms with E-state index in [0.29, 0.717) is 15.9 Å². The van der Waals surface area contributed by atoms with Crippen LogP contribution in [0.5, 0.6) is 5.75 Å². The molecule has 26 heavy (non-hydrogen) atoms. The molecule has 3 rings (SSSR count). The Bertz CT molecular complexity index is 978. The molecule has 0 aliphatic rings. The highest BCUT2D eigenvalue weighted by atomic mass is 79.9. The highest BCUT2D eigenvalue weighted by Crippen LogP contribution is 2.31. The molecule has 136 valence electrons. The molecule has 3 aromatic rings. The second-order valence-electron chi connectivity index (χ2n) is 5.55. The largest absolute Gasteiger partial charge is 0.487 e. The number of alkyl halides is 3. The molecule has 0 bridgehead atoms. The van der Waals surface area contributed by atoms with Crippen molar-refractivity contribution in [2.24, 2.45) is 7.05 Å². The summed E-state index contributed by atoms with van der Waals surface area (Å²) in [6.07, 6.45) is -4.44. The maximum absolute atomic E-state index is 12.8. The fourth-order valence-electron chi connectivity index (χ4n) is 2.55. The molecule has 0 radical (unpaired) electrons. The molecular weight excluding hydrogens is 413 g/mol. The lowest BCUT2D eigenvalue weighted by Crippen LogP contribution is -2.19. The van der Waals surface area contributed by atoms with Gasteiger partial charge in [-0.3, -0.25) is 9.48 Å². The van der Waals surface area contributed by atoms with E-state index in [0.717, 1.165) is 12.1 Å². The van der Waals surface area contributed by atoms with Crippen LogP contribution in [0.15, 0.2) is 63.9 Å². The van der Waals surface area contributed by atoms with Crippen molar-refractivity contribution in [3.05, 3.63) is 80.7 Å². The molecule has 1 heterocycles. The number of hydrogen-bond donors (Lipinski definition) is 0. The highest BCUT2D eigenvalue weighted by molar-refractivity contribution is 9.10. The van der Waals surface area contributed by atoms with Crippen LogP contribution in [-0.4, -0.2) is 9.36 Å². The van der Waals surface area contributed by atoms with Gasteiger partial charge < -0.3 is 4.74 Å². The first-order valence-corrected chi connectivity index (χ1v) is 8.40. The van der Waals surface area contributed by atoms with Crippen LogP contribution in [0.25, 0.3) is 5.69 Å². The van der Waals surface area contributed by atoms with Crippen molar-refractivity contribution in [2.75, 3.05) is 0 Å². The van der Waals surface area contributed by atoms with Gasteiger partial charge in [-0.15, -0.1) is 0 Å². The van der Waals surface area contributed by atoms with E-state index in [4.69, 9.17) is 4.74 Å². The summed E-state index contributed by atoms with van der Waals surface area (Å²) in [5.74, 6) is 0.0756. The normalized spacial score (nSPS) is 11.6. The van der Waals surface area contributed by atoms with Gasteiger partial charge in [-0.2, -0.15) is 13.2 Å². The lowest BCUT2D eigenvalue weighted by Gasteiger charge is -2.12. The average molecular weight is 427 g/mol. The molecule has 0 atom stereocenters. The number of rotatable bonds is 4. The van der Waals surface area contributed by atoms with Gasteiger partial charge in [0.1, 0.15) is 16.8 Å². The van der Waals surface area contributed by atoms with Gasteiger partial charge in [0.05, 0.1) is 16.9 Å². The quantitative estimate of drug-likeness (QED) is 0.613. The van der Waals surface area contributed by atoms with E-state index in [-0.39, 0.29) is 17.9 Å². The molecule has 8 heteroatoms. The minimum Gasteiger partial charge on any atom is -0.487 e. The zero-order valence-corrected chi connectivity index (χ0v) is 15.2. The van der Waals surface area contributed by atoms with E-state index in [9.17, 15) is 18.0 Å². The number of para-hydroxylation sites is 1. The number of nitrogens with zero attached hydrogens (tertiary/aromatic N) is 2. The third kappa shape index (κ3) is 3.55. The topological polar surface area (TPSA) is 36.2 Å². The Kier molecular flexibility index (Phi) is 4.95. The van der Waals surface area contributed by atoms with Gasteiger partial charge in [0, 0.05) is 7.05 Å². The Morgan fingerprint density at radius 2 is 1.77 bits per heavy atom. The first kappa shape index (κ1) is 18.3. The maximum atomic E-state index is 12.8. The smallest absolute Gasteiger partial charge is 0.416 e. The van der Waals surface area contributed by atoms with Gasteiger partial charge in [0.15, 0.2) is 0 Å². The molecule has 0 spiro atoms. The molecule has 0 aliphatic heterocycles. The van der Waals surface area contributed by atoms with Crippen LogP contribution < -0.4 is 10.3 Å². The summed E-state index contributed by atoms with van der Waals surface area (Å²) in [5.41, 5.74) is 0.119. The zero-order chi connectivity index (χ0) is 18.9. The Balaban J connectivity index is 1.89. The minimum atomic E-state index is -4.44. The molecule has 0 amide bonds. The Morgan fingerprint density at radius 1 is 1.08 bits per heavy atom. The SMILES string of the molecule is Cn1c(COc2cccc(C(F)(F)F)c2)c(Br)c(=O)n1-c1ccccc1. The summed E-state index contributed by atoms with van der Waals surface area (Å²) in [6.45, 7) is -0.0620. The van der Waals surface area contributed by atoms with Gasteiger partial charge in [0.25, 0.3) is 5.56 Å². The third-order valence-corrected chi connectivity index (χ3v) is 4.66. The summed E-state index contributed by atoms with van der Waals surface area (Å²) in [7, 11) is 1.68. The monoisotopic (exact) mass is 426 g/mol. The molecule has 0 saturated carbocycles. The molecule has 0 unspecified atom stereocenters. The van der Waals surface area contributed by atoms with Crippen molar-refractivity contribution in [3.63, 3.8) is 0 Å². The molecule has 1 aromatic heterocycles. The van der Waals surface area contributed by atoms with E-state index in [2.05, 4.69) is 15.9 Å². The fraction of sp³-hybridized carbons (Fsp3) is 0.167. The molecule has 0 fully saturated rings. The van der Waals surface area contributed by atoms with Crippen LogP contribution in [0, 0.1) is 0 Å². The number of halogens is 4. The predicted molar refractivity (Wildman–Crippen MR) is 94.5 cm³/mol. The van der Waals surface area contributed by atoms with Crippen molar-refractivity contribution in [3.8, 4) is 11.4 Å². The van der Waals surface area contributed by atoms with Crippen LogP contribution in [-0.2, 0) is 19.8 Å². The van der Waals surface area contributed by atoms with E-state index < -0.39 is 11.7 Å². The first-order chi connectivity index (χ1) is 12.3. The van der Waals surface area contributed by atoms with Crippen molar-refractivity contribution in [1.82, 2.24) is 9.36 Å². The van der Waals surface area contributed by atoms with Gasteiger partial charge in [-0.05, 0) is 46.3 Å². The molecule has 0 N–H and O–H groups in total. The lowest BCUT2D eigenvalue weighted by atomic mass is 10.2. The van der Waals surface area contributed by atoms with E-state index in [1.807, 2.05) is 18.2 Å². The molecule has 0 saturated heterocycles. The second-order valence-corrected chi connectivity index (χ2v) is 6.34. The fourth-order valence-corrected chi connectivity index (χ4v) is 3.08. The van der Waals surface area contributed by atoms with Crippen molar-refractivity contribution in [2.45, 2.75) is 12.8 Å². The van der Waals surface area contributed by atoms with Crippen LogP contribution in [0.3, 0.4) is 0 Å².